The number of amides is 1. The lowest BCUT2D eigenvalue weighted by molar-refractivity contribution is -0.131. The summed E-state index contributed by atoms with van der Waals surface area (Å²) in [6, 6.07) is 7.96. The number of phenolic OH excluding ortho intramolecular Hbond substituents is 1. The van der Waals surface area contributed by atoms with E-state index in [0.717, 1.165) is 31.5 Å². The molecule has 1 saturated heterocycles. The molecule has 1 aliphatic heterocycles. The fourth-order valence-corrected chi connectivity index (χ4v) is 2.72. The van der Waals surface area contributed by atoms with Crippen LogP contribution in [-0.4, -0.2) is 41.1 Å². The molecule has 0 unspecified atom stereocenters. The van der Waals surface area contributed by atoms with Gasteiger partial charge in [-0.25, -0.2) is 0 Å². The Bertz CT molecular complexity index is 452. The first-order valence-electron chi connectivity index (χ1n) is 7.36. The lowest BCUT2D eigenvalue weighted by atomic mass is 10.0. The fourth-order valence-electron chi connectivity index (χ4n) is 2.72. The van der Waals surface area contributed by atoms with E-state index in [2.05, 4.69) is 19.2 Å². The Balaban J connectivity index is 1.83. The summed E-state index contributed by atoms with van der Waals surface area (Å²) >= 11 is 0. The monoisotopic (exact) mass is 276 g/mol. The maximum atomic E-state index is 12.2. The van der Waals surface area contributed by atoms with Crippen LogP contribution in [0.5, 0.6) is 5.75 Å². The van der Waals surface area contributed by atoms with Crippen LogP contribution < -0.4 is 5.32 Å². The van der Waals surface area contributed by atoms with E-state index in [4.69, 9.17) is 0 Å². The number of nitrogens with zero attached hydrogens (tertiary/aromatic N) is 1. The van der Waals surface area contributed by atoms with E-state index in [1.165, 1.54) is 0 Å². The van der Waals surface area contributed by atoms with Crippen molar-refractivity contribution in [3.8, 4) is 5.75 Å². The van der Waals surface area contributed by atoms with Crippen LogP contribution in [-0.2, 0) is 11.2 Å². The first kappa shape index (κ1) is 14.9. The minimum absolute atomic E-state index is 0.151. The average molecular weight is 276 g/mol. The molecule has 4 nitrogen and oxygen atoms in total. The lowest BCUT2D eigenvalue weighted by Gasteiger charge is -2.33. The number of likely N-dealkylation sites (tertiary alicyclic amines) is 1. The van der Waals surface area contributed by atoms with Gasteiger partial charge in [-0.15, -0.1) is 0 Å². The first-order valence-corrected chi connectivity index (χ1v) is 7.36. The topological polar surface area (TPSA) is 52.6 Å². The molecule has 0 radical (unpaired) electrons. The van der Waals surface area contributed by atoms with Gasteiger partial charge in [0, 0.05) is 25.2 Å². The highest BCUT2D eigenvalue weighted by atomic mass is 16.3. The van der Waals surface area contributed by atoms with Crippen molar-refractivity contribution in [2.75, 3.05) is 13.1 Å². The summed E-state index contributed by atoms with van der Waals surface area (Å²) < 4.78 is 0. The Hall–Kier alpha value is -1.55. The highest BCUT2D eigenvalue weighted by Gasteiger charge is 2.22. The summed E-state index contributed by atoms with van der Waals surface area (Å²) in [6.07, 6.45) is 2.41. The number of hydrogen-bond donors (Lipinski definition) is 2. The number of nitrogens with one attached hydrogen (secondary N) is 1. The van der Waals surface area contributed by atoms with Gasteiger partial charge in [0.2, 0.25) is 5.91 Å². The highest BCUT2D eigenvalue weighted by Crippen LogP contribution is 2.15. The molecule has 0 saturated carbocycles. The Kier molecular flexibility index (Phi) is 5.01. The van der Waals surface area contributed by atoms with Crippen molar-refractivity contribution < 1.29 is 9.90 Å². The molecule has 0 bridgehead atoms. The SMILES string of the molecule is CC(C)NC1CCN(C(=O)Cc2cccc(O)c2)CC1. The van der Waals surface area contributed by atoms with Gasteiger partial charge in [0.1, 0.15) is 5.75 Å². The third-order valence-electron chi connectivity index (χ3n) is 3.68. The van der Waals surface area contributed by atoms with E-state index in [0.29, 0.717) is 18.5 Å². The van der Waals surface area contributed by atoms with Crippen molar-refractivity contribution in [2.45, 2.75) is 45.2 Å². The lowest BCUT2D eigenvalue weighted by Crippen LogP contribution is -2.47. The molecule has 0 aliphatic carbocycles. The molecule has 1 amide bonds. The van der Waals surface area contributed by atoms with Gasteiger partial charge in [0.25, 0.3) is 0 Å². The predicted octanol–water partition coefficient (Wildman–Crippen LogP) is 1.92. The molecule has 1 aliphatic rings. The van der Waals surface area contributed by atoms with Crippen molar-refractivity contribution in [3.63, 3.8) is 0 Å². The Labute approximate surface area is 120 Å². The summed E-state index contributed by atoms with van der Waals surface area (Å²) in [4.78, 5) is 14.2. The molecule has 0 atom stereocenters. The number of benzene rings is 1. The van der Waals surface area contributed by atoms with E-state index < -0.39 is 0 Å². The van der Waals surface area contributed by atoms with E-state index in [1.807, 2.05) is 11.0 Å². The smallest absolute Gasteiger partial charge is 0.226 e. The Morgan fingerprint density at radius 1 is 1.40 bits per heavy atom. The van der Waals surface area contributed by atoms with Crippen molar-refractivity contribution in [1.29, 1.82) is 0 Å². The first-order chi connectivity index (χ1) is 9.54. The van der Waals surface area contributed by atoms with Crippen LogP contribution in [0.3, 0.4) is 0 Å². The number of hydrogen-bond acceptors (Lipinski definition) is 3. The van der Waals surface area contributed by atoms with E-state index in [9.17, 15) is 9.90 Å². The maximum absolute atomic E-state index is 12.2. The van der Waals surface area contributed by atoms with Gasteiger partial charge in [-0.2, -0.15) is 0 Å². The van der Waals surface area contributed by atoms with Gasteiger partial charge in [-0.3, -0.25) is 4.79 Å². The van der Waals surface area contributed by atoms with Crippen molar-refractivity contribution in [2.24, 2.45) is 0 Å². The summed E-state index contributed by atoms with van der Waals surface area (Å²) in [5, 5.41) is 12.9. The third kappa shape index (κ3) is 4.23. The maximum Gasteiger partial charge on any atom is 0.226 e. The van der Waals surface area contributed by atoms with Crippen LogP contribution in [0.1, 0.15) is 32.3 Å². The number of rotatable bonds is 4. The number of carbonyl (C=O) groups excluding carboxylic acids is 1. The predicted molar refractivity (Wildman–Crippen MR) is 79.7 cm³/mol. The third-order valence-corrected chi connectivity index (χ3v) is 3.68. The molecule has 1 aromatic rings. The van der Waals surface area contributed by atoms with Crippen LogP contribution in [0.4, 0.5) is 0 Å². The molecule has 1 aromatic carbocycles. The quantitative estimate of drug-likeness (QED) is 0.883. The number of aromatic hydroxyl groups is 1. The van der Waals surface area contributed by atoms with Gasteiger partial charge >= 0.3 is 0 Å². The van der Waals surface area contributed by atoms with E-state index in [-0.39, 0.29) is 11.7 Å². The summed E-state index contributed by atoms with van der Waals surface area (Å²) in [5.41, 5.74) is 0.873. The number of piperidine rings is 1. The zero-order valence-corrected chi connectivity index (χ0v) is 12.3. The normalized spacial score (nSPS) is 16.6. The molecule has 1 heterocycles. The van der Waals surface area contributed by atoms with Crippen molar-refractivity contribution in [3.05, 3.63) is 29.8 Å². The Morgan fingerprint density at radius 2 is 2.10 bits per heavy atom. The molecular weight excluding hydrogens is 252 g/mol. The largest absolute Gasteiger partial charge is 0.508 e. The van der Waals surface area contributed by atoms with Crippen LogP contribution in [0.15, 0.2) is 24.3 Å². The zero-order valence-electron chi connectivity index (χ0n) is 12.3. The second-order valence-corrected chi connectivity index (χ2v) is 5.82. The van der Waals surface area contributed by atoms with Gasteiger partial charge in [0.15, 0.2) is 0 Å². The Morgan fingerprint density at radius 3 is 2.70 bits per heavy atom. The van der Waals surface area contributed by atoms with E-state index >= 15 is 0 Å². The van der Waals surface area contributed by atoms with Crippen molar-refractivity contribution in [1.82, 2.24) is 10.2 Å². The molecular formula is C16H24N2O2. The van der Waals surface area contributed by atoms with Crippen LogP contribution in [0.2, 0.25) is 0 Å². The second kappa shape index (κ2) is 6.75. The fraction of sp³-hybridized carbons (Fsp3) is 0.562. The molecule has 4 heteroatoms. The minimum atomic E-state index is 0.151. The molecule has 0 spiro atoms. The average Bonchev–Trinajstić information content (AvgIpc) is 2.38. The van der Waals surface area contributed by atoms with Gasteiger partial charge < -0.3 is 15.3 Å². The molecule has 2 rings (SSSR count). The van der Waals surface area contributed by atoms with Crippen molar-refractivity contribution >= 4 is 5.91 Å². The molecule has 2 N–H and O–H groups in total. The van der Waals surface area contributed by atoms with E-state index in [1.54, 1.807) is 18.2 Å². The van der Waals surface area contributed by atoms with Crippen LogP contribution >= 0.6 is 0 Å². The number of phenols is 1. The summed E-state index contributed by atoms with van der Waals surface area (Å²) in [6.45, 7) is 5.95. The second-order valence-electron chi connectivity index (χ2n) is 5.82. The number of carbonyl (C=O) groups is 1. The van der Waals surface area contributed by atoms with Crippen LogP contribution in [0, 0.1) is 0 Å². The van der Waals surface area contributed by atoms with Crippen LogP contribution in [0.25, 0.3) is 0 Å². The standard InChI is InChI=1S/C16H24N2O2/c1-12(2)17-14-6-8-18(9-7-14)16(20)11-13-4-3-5-15(19)10-13/h3-5,10,12,14,17,19H,6-9,11H2,1-2H3. The molecule has 1 fully saturated rings. The summed E-state index contributed by atoms with van der Waals surface area (Å²) in [5.74, 6) is 0.369. The molecule has 20 heavy (non-hydrogen) atoms. The zero-order chi connectivity index (χ0) is 14.5. The van der Waals surface area contributed by atoms with Gasteiger partial charge in [0.05, 0.1) is 6.42 Å². The molecule has 0 aromatic heterocycles. The minimum Gasteiger partial charge on any atom is -0.508 e. The summed E-state index contributed by atoms with van der Waals surface area (Å²) in [7, 11) is 0. The van der Waals surface area contributed by atoms with Gasteiger partial charge in [-0.1, -0.05) is 26.0 Å². The van der Waals surface area contributed by atoms with Gasteiger partial charge in [-0.05, 0) is 30.5 Å². The highest BCUT2D eigenvalue weighted by molar-refractivity contribution is 5.79. The molecule has 110 valence electrons.